The first kappa shape index (κ1) is 15.4. The minimum absolute atomic E-state index is 0.0554. The predicted octanol–water partition coefficient (Wildman–Crippen LogP) is 1.80. The highest BCUT2D eigenvalue weighted by Gasteiger charge is 2.21. The SMILES string of the molecule is Cc1cc(NC(=O)N2CCNC(=O)C2)nn1-c1cccc(Cl)c1. The third-order valence-corrected chi connectivity index (χ3v) is 3.74. The summed E-state index contributed by atoms with van der Waals surface area (Å²) >= 11 is 6.00. The molecular formula is C15H16ClN5O2. The molecule has 0 unspecified atom stereocenters. The smallest absolute Gasteiger partial charge is 0.323 e. The van der Waals surface area contributed by atoms with E-state index in [1.165, 1.54) is 4.90 Å². The van der Waals surface area contributed by atoms with Crippen LogP contribution < -0.4 is 10.6 Å². The number of nitrogens with zero attached hydrogens (tertiary/aromatic N) is 3. The number of piperazine rings is 1. The van der Waals surface area contributed by atoms with Crippen molar-refractivity contribution in [2.75, 3.05) is 25.0 Å². The maximum Gasteiger partial charge on any atom is 0.323 e. The van der Waals surface area contributed by atoms with Crippen molar-refractivity contribution in [2.45, 2.75) is 6.92 Å². The zero-order chi connectivity index (χ0) is 16.4. The number of hydrogen-bond acceptors (Lipinski definition) is 3. The molecule has 2 heterocycles. The number of benzene rings is 1. The zero-order valence-corrected chi connectivity index (χ0v) is 13.3. The number of carbonyl (C=O) groups is 2. The van der Waals surface area contributed by atoms with Crippen molar-refractivity contribution in [3.8, 4) is 5.69 Å². The van der Waals surface area contributed by atoms with Crippen molar-refractivity contribution < 1.29 is 9.59 Å². The van der Waals surface area contributed by atoms with Crippen molar-refractivity contribution in [1.29, 1.82) is 0 Å². The van der Waals surface area contributed by atoms with E-state index < -0.39 is 0 Å². The van der Waals surface area contributed by atoms with Gasteiger partial charge in [-0.25, -0.2) is 9.48 Å². The first-order chi connectivity index (χ1) is 11.0. The maximum absolute atomic E-state index is 12.2. The number of aromatic nitrogens is 2. The summed E-state index contributed by atoms with van der Waals surface area (Å²) in [6, 6.07) is 8.73. The van der Waals surface area contributed by atoms with Gasteiger partial charge in [-0.2, -0.15) is 0 Å². The van der Waals surface area contributed by atoms with Crippen LogP contribution in [0.5, 0.6) is 0 Å². The van der Waals surface area contributed by atoms with E-state index in [0.29, 0.717) is 23.9 Å². The molecule has 1 aliphatic rings. The van der Waals surface area contributed by atoms with Gasteiger partial charge in [0.2, 0.25) is 5.91 Å². The predicted molar refractivity (Wildman–Crippen MR) is 86.9 cm³/mol. The molecule has 2 N–H and O–H groups in total. The van der Waals surface area contributed by atoms with Gasteiger partial charge in [0.15, 0.2) is 5.82 Å². The van der Waals surface area contributed by atoms with Gasteiger partial charge in [-0.05, 0) is 25.1 Å². The van der Waals surface area contributed by atoms with Gasteiger partial charge < -0.3 is 10.2 Å². The van der Waals surface area contributed by atoms with Crippen LogP contribution in [-0.4, -0.2) is 46.3 Å². The van der Waals surface area contributed by atoms with Gasteiger partial charge in [-0.3, -0.25) is 10.1 Å². The van der Waals surface area contributed by atoms with Crippen molar-refractivity contribution in [3.63, 3.8) is 0 Å². The topological polar surface area (TPSA) is 79.3 Å². The van der Waals surface area contributed by atoms with Crippen LogP contribution in [0.25, 0.3) is 5.69 Å². The number of rotatable bonds is 2. The molecule has 2 aromatic rings. The Balaban J connectivity index is 1.76. The summed E-state index contributed by atoms with van der Waals surface area (Å²) in [6.07, 6.45) is 0. The molecule has 23 heavy (non-hydrogen) atoms. The van der Waals surface area contributed by atoms with E-state index in [0.717, 1.165) is 11.4 Å². The number of carbonyl (C=O) groups excluding carboxylic acids is 2. The second kappa shape index (κ2) is 6.29. The maximum atomic E-state index is 12.2. The number of anilines is 1. The van der Waals surface area contributed by atoms with Gasteiger partial charge in [0.1, 0.15) is 6.54 Å². The standard InChI is InChI=1S/C15H16ClN5O2/c1-10-7-13(18-15(23)20-6-5-17-14(22)9-20)19-21(10)12-4-2-3-11(16)8-12/h2-4,7-8H,5-6,9H2,1H3,(H,17,22)(H,18,19,23). The summed E-state index contributed by atoms with van der Waals surface area (Å²) < 4.78 is 1.70. The molecular weight excluding hydrogens is 318 g/mol. The van der Waals surface area contributed by atoms with Crippen LogP contribution in [0.3, 0.4) is 0 Å². The second-order valence-electron chi connectivity index (χ2n) is 5.26. The molecule has 8 heteroatoms. The first-order valence-corrected chi connectivity index (χ1v) is 7.56. The zero-order valence-electron chi connectivity index (χ0n) is 12.5. The lowest BCUT2D eigenvalue weighted by Gasteiger charge is -2.26. The summed E-state index contributed by atoms with van der Waals surface area (Å²) in [4.78, 5) is 25.0. The number of nitrogens with one attached hydrogen (secondary N) is 2. The first-order valence-electron chi connectivity index (χ1n) is 7.18. The fourth-order valence-electron chi connectivity index (χ4n) is 2.41. The minimum atomic E-state index is -0.337. The molecule has 3 rings (SSSR count). The summed E-state index contributed by atoms with van der Waals surface area (Å²) in [5.41, 5.74) is 1.67. The third kappa shape index (κ3) is 3.45. The Morgan fingerprint density at radius 3 is 2.96 bits per heavy atom. The second-order valence-corrected chi connectivity index (χ2v) is 5.70. The molecule has 3 amide bonds. The number of halogens is 1. The van der Waals surface area contributed by atoms with E-state index in [4.69, 9.17) is 11.6 Å². The van der Waals surface area contributed by atoms with Gasteiger partial charge in [-0.15, -0.1) is 5.10 Å². The van der Waals surface area contributed by atoms with Crippen LogP contribution in [0.1, 0.15) is 5.69 Å². The van der Waals surface area contributed by atoms with Crippen molar-refractivity contribution >= 4 is 29.4 Å². The van der Waals surface area contributed by atoms with Gasteiger partial charge in [0.25, 0.3) is 0 Å². The Morgan fingerprint density at radius 2 is 2.22 bits per heavy atom. The average Bonchev–Trinajstić information content (AvgIpc) is 2.88. The van der Waals surface area contributed by atoms with E-state index in [1.54, 1.807) is 22.9 Å². The Bertz CT molecular complexity index is 758. The lowest BCUT2D eigenvalue weighted by molar-refractivity contribution is -0.123. The molecule has 0 atom stereocenters. The number of amides is 3. The quantitative estimate of drug-likeness (QED) is 0.879. The minimum Gasteiger partial charge on any atom is -0.353 e. The normalized spacial score (nSPS) is 14.5. The number of urea groups is 1. The van der Waals surface area contributed by atoms with Crippen LogP contribution in [0.15, 0.2) is 30.3 Å². The number of aryl methyl sites for hydroxylation is 1. The van der Waals surface area contributed by atoms with Crippen LogP contribution in [0.2, 0.25) is 5.02 Å². The molecule has 1 aromatic carbocycles. The summed E-state index contributed by atoms with van der Waals surface area (Å²) in [7, 11) is 0. The lowest BCUT2D eigenvalue weighted by Crippen LogP contribution is -2.51. The molecule has 1 aromatic heterocycles. The highest BCUT2D eigenvalue weighted by molar-refractivity contribution is 6.30. The Morgan fingerprint density at radius 1 is 1.39 bits per heavy atom. The van der Waals surface area contributed by atoms with E-state index in [2.05, 4.69) is 15.7 Å². The highest BCUT2D eigenvalue weighted by Crippen LogP contribution is 2.18. The third-order valence-electron chi connectivity index (χ3n) is 3.50. The van der Waals surface area contributed by atoms with Gasteiger partial charge in [0.05, 0.1) is 5.69 Å². The van der Waals surface area contributed by atoms with Gasteiger partial charge >= 0.3 is 6.03 Å². The highest BCUT2D eigenvalue weighted by atomic mass is 35.5. The summed E-state index contributed by atoms with van der Waals surface area (Å²) in [5, 5.41) is 10.4. The van der Waals surface area contributed by atoms with Crippen LogP contribution in [-0.2, 0) is 4.79 Å². The Hall–Kier alpha value is -2.54. The molecule has 0 saturated carbocycles. The fourth-order valence-corrected chi connectivity index (χ4v) is 2.59. The van der Waals surface area contributed by atoms with Crippen LogP contribution in [0.4, 0.5) is 10.6 Å². The molecule has 1 aliphatic heterocycles. The molecule has 0 radical (unpaired) electrons. The molecule has 0 aliphatic carbocycles. The average molecular weight is 334 g/mol. The van der Waals surface area contributed by atoms with Crippen LogP contribution in [0, 0.1) is 6.92 Å². The molecule has 1 saturated heterocycles. The molecule has 0 bridgehead atoms. The summed E-state index contributed by atoms with van der Waals surface area (Å²) in [5.74, 6) is 0.269. The van der Waals surface area contributed by atoms with Crippen LogP contribution >= 0.6 is 11.6 Å². The van der Waals surface area contributed by atoms with E-state index >= 15 is 0 Å². The number of hydrogen-bond donors (Lipinski definition) is 2. The van der Waals surface area contributed by atoms with E-state index in [-0.39, 0.29) is 18.5 Å². The van der Waals surface area contributed by atoms with Gasteiger partial charge in [0, 0.05) is 29.9 Å². The lowest BCUT2D eigenvalue weighted by atomic mass is 10.3. The largest absolute Gasteiger partial charge is 0.353 e. The fraction of sp³-hybridized carbons (Fsp3) is 0.267. The molecule has 120 valence electrons. The van der Waals surface area contributed by atoms with E-state index in [1.807, 2.05) is 19.1 Å². The van der Waals surface area contributed by atoms with Crippen molar-refractivity contribution in [2.24, 2.45) is 0 Å². The Labute approximate surface area is 138 Å². The molecule has 0 spiro atoms. The monoisotopic (exact) mass is 333 g/mol. The Kier molecular flexibility index (Phi) is 4.20. The molecule has 7 nitrogen and oxygen atoms in total. The van der Waals surface area contributed by atoms with E-state index in [9.17, 15) is 9.59 Å². The molecule has 1 fully saturated rings. The van der Waals surface area contributed by atoms with Crippen molar-refractivity contribution in [3.05, 3.63) is 41.0 Å². The van der Waals surface area contributed by atoms with Gasteiger partial charge in [-0.1, -0.05) is 17.7 Å². The summed E-state index contributed by atoms with van der Waals surface area (Å²) in [6.45, 7) is 2.88. The van der Waals surface area contributed by atoms with Crippen molar-refractivity contribution in [1.82, 2.24) is 20.0 Å².